The Balaban J connectivity index is 3.46. The molecule has 1 unspecified atom stereocenters. The van der Waals surface area contributed by atoms with Crippen molar-refractivity contribution in [2.75, 3.05) is 61.0 Å². The fourth-order valence-electron chi connectivity index (χ4n) is 1.22. The number of methoxy groups -OCH3 is 1. The normalized spacial score (nSPS) is 13.8. The summed E-state index contributed by atoms with van der Waals surface area (Å²) in [6, 6.07) is 0.571. The van der Waals surface area contributed by atoms with E-state index < -0.39 is 0 Å². The molecule has 0 aliphatic carbocycles. The minimum absolute atomic E-state index is 0.571. The van der Waals surface area contributed by atoms with Crippen molar-refractivity contribution < 1.29 is 4.74 Å². The molecular formula is C11H27N3O. The highest BCUT2D eigenvalue weighted by molar-refractivity contribution is 4.66. The summed E-state index contributed by atoms with van der Waals surface area (Å²) in [6.07, 6.45) is 0. The summed E-state index contributed by atoms with van der Waals surface area (Å²) in [6.45, 7) is 7.21. The molecule has 0 radical (unpaired) electrons. The predicted octanol–water partition coefficient (Wildman–Crippen LogP) is 0.104. The van der Waals surface area contributed by atoms with Gasteiger partial charge in [0.1, 0.15) is 0 Å². The summed E-state index contributed by atoms with van der Waals surface area (Å²) in [5.41, 5.74) is 0. The third kappa shape index (κ3) is 8.81. The Bertz CT molecular complexity index is 142. The molecule has 0 aromatic carbocycles. The first-order chi connectivity index (χ1) is 7.07. The van der Waals surface area contributed by atoms with Crippen LogP contribution in [0, 0.1) is 0 Å². The van der Waals surface area contributed by atoms with Gasteiger partial charge in [0.2, 0.25) is 0 Å². The van der Waals surface area contributed by atoms with Gasteiger partial charge in [-0.15, -0.1) is 0 Å². The van der Waals surface area contributed by atoms with Crippen LogP contribution >= 0.6 is 0 Å². The molecule has 15 heavy (non-hydrogen) atoms. The van der Waals surface area contributed by atoms with Gasteiger partial charge < -0.3 is 19.9 Å². The SMILES string of the molecule is COCCNCC(C)N(C)CCN(C)C. The summed E-state index contributed by atoms with van der Waals surface area (Å²) in [5, 5.41) is 3.37. The van der Waals surface area contributed by atoms with Gasteiger partial charge >= 0.3 is 0 Å². The molecule has 0 aliphatic rings. The molecule has 0 fully saturated rings. The average Bonchev–Trinajstić information content (AvgIpc) is 2.20. The number of ether oxygens (including phenoxy) is 1. The van der Waals surface area contributed by atoms with Crippen molar-refractivity contribution in [3.8, 4) is 0 Å². The van der Waals surface area contributed by atoms with Crippen LogP contribution in [0.15, 0.2) is 0 Å². The molecule has 4 nitrogen and oxygen atoms in total. The second-order valence-electron chi connectivity index (χ2n) is 4.33. The van der Waals surface area contributed by atoms with Crippen LogP contribution in [0.4, 0.5) is 0 Å². The number of hydrogen-bond acceptors (Lipinski definition) is 4. The molecule has 0 spiro atoms. The first-order valence-corrected chi connectivity index (χ1v) is 5.62. The van der Waals surface area contributed by atoms with E-state index in [0.29, 0.717) is 6.04 Å². The maximum Gasteiger partial charge on any atom is 0.0587 e. The topological polar surface area (TPSA) is 27.7 Å². The Morgan fingerprint density at radius 2 is 1.87 bits per heavy atom. The Morgan fingerprint density at radius 3 is 2.40 bits per heavy atom. The summed E-state index contributed by atoms with van der Waals surface area (Å²) < 4.78 is 4.98. The lowest BCUT2D eigenvalue weighted by Crippen LogP contribution is -2.41. The van der Waals surface area contributed by atoms with E-state index in [2.05, 4.69) is 43.2 Å². The summed E-state index contributed by atoms with van der Waals surface area (Å²) in [7, 11) is 8.12. The van der Waals surface area contributed by atoms with Gasteiger partial charge in [-0.05, 0) is 28.1 Å². The molecular weight excluding hydrogens is 190 g/mol. The molecule has 0 aliphatic heterocycles. The lowest BCUT2D eigenvalue weighted by atomic mass is 10.3. The van der Waals surface area contributed by atoms with E-state index in [1.807, 2.05) is 0 Å². The van der Waals surface area contributed by atoms with Crippen LogP contribution in [-0.2, 0) is 4.74 Å². The van der Waals surface area contributed by atoms with Crippen LogP contribution in [0.25, 0.3) is 0 Å². The molecule has 0 heterocycles. The van der Waals surface area contributed by atoms with E-state index in [1.165, 1.54) is 0 Å². The third-order valence-electron chi connectivity index (χ3n) is 2.58. The van der Waals surface area contributed by atoms with Crippen molar-refractivity contribution in [1.29, 1.82) is 0 Å². The molecule has 92 valence electrons. The number of nitrogens with one attached hydrogen (secondary N) is 1. The van der Waals surface area contributed by atoms with E-state index in [4.69, 9.17) is 4.74 Å². The third-order valence-corrected chi connectivity index (χ3v) is 2.58. The van der Waals surface area contributed by atoms with Gasteiger partial charge in [0.05, 0.1) is 6.61 Å². The quantitative estimate of drug-likeness (QED) is 0.555. The molecule has 0 aromatic rings. The van der Waals surface area contributed by atoms with Crippen LogP contribution in [0.2, 0.25) is 0 Å². The Kier molecular flexibility index (Phi) is 9.00. The highest BCUT2D eigenvalue weighted by atomic mass is 16.5. The van der Waals surface area contributed by atoms with Crippen molar-refractivity contribution in [3.63, 3.8) is 0 Å². The Morgan fingerprint density at radius 1 is 1.20 bits per heavy atom. The summed E-state index contributed by atoms with van der Waals surface area (Å²) >= 11 is 0. The highest BCUT2D eigenvalue weighted by Crippen LogP contribution is 1.93. The van der Waals surface area contributed by atoms with Crippen LogP contribution in [0.5, 0.6) is 0 Å². The van der Waals surface area contributed by atoms with Gasteiger partial charge in [-0.3, -0.25) is 0 Å². The summed E-state index contributed by atoms with van der Waals surface area (Å²) in [4.78, 5) is 4.58. The average molecular weight is 217 g/mol. The number of likely N-dealkylation sites (N-methyl/N-ethyl adjacent to an activating group) is 2. The summed E-state index contributed by atoms with van der Waals surface area (Å²) in [5.74, 6) is 0. The molecule has 0 saturated carbocycles. The van der Waals surface area contributed by atoms with Crippen molar-refractivity contribution in [1.82, 2.24) is 15.1 Å². The van der Waals surface area contributed by atoms with Crippen LogP contribution in [-0.4, -0.2) is 76.9 Å². The minimum Gasteiger partial charge on any atom is -0.383 e. The standard InChI is InChI=1S/C11H27N3O/c1-11(10-12-6-9-15-5)14(4)8-7-13(2)3/h11-12H,6-10H2,1-5H3. The van der Waals surface area contributed by atoms with Gasteiger partial charge in [0, 0.05) is 39.3 Å². The van der Waals surface area contributed by atoms with Crippen LogP contribution < -0.4 is 5.32 Å². The van der Waals surface area contributed by atoms with Gasteiger partial charge in [-0.1, -0.05) is 0 Å². The van der Waals surface area contributed by atoms with Crippen LogP contribution in [0.3, 0.4) is 0 Å². The molecule has 0 bridgehead atoms. The van der Waals surface area contributed by atoms with Crippen molar-refractivity contribution in [2.24, 2.45) is 0 Å². The maximum absolute atomic E-state index is 4.98. The second kappa shape index (κ2) is 9.09. The molecule has 1 N–H and O–H groups in total. The first kappa shape index (κ1) is 14.8. The van der Waals surface area contributed by atoms with Gasteiger partial charge in [-0.25, -0.2) is 0 Å². The van der Waals surface area contributed by atoms with Crippen LogP contribution in [0.1, 0.15) is 6.92 Å². The molecule has 0 saturated heterocycles. The second-order valence-corrected chi connectivity index (χ2v) is 4.33. The van der Waals surface area contributed by atoms with Gasteiger partial charge in [0.25, 0.3) is 0 Å². The van der Waals surface area contributed by atoms with E-state index in [-0.39, 0.29) is 0 Å². The number of hydrogen-bond donors (Lipinski definition) is 1. The van der Waals surface area contributed by atoms with E-state index in [1.54, 1.807) is 7.11 Å². The Labute approximate surface area is 94.6 Å². The number of rotatable bonds is 9. The lowest BCUT2D eigenvalue weighted by molar-refractivity contribution is 0.189. The molecule has 0 aromatic heterocycles. The zero-order valence-corrected chi connectivity index (χ0v) is 10.9. The van der Waals surface area contributed by atoms with Crippen molar-refractivity contribution >= 4 is 0 Å². The predicted molar refractivity (Wildman–Crippen MR) is 65.4 cm³/mol. The fourth-order valence-corrected chi connectivity index (χ4v) is 1.22. The van der Waals surface area contributed by atoms with E-state index in [0.717, 1.165) is 32.8 Å². The maximum atomic E-state index is 4.98. The zero-order chi connectivity index (χ0) is 11.7. The fraction of sp³-hybridized carbons (Fsp3) is 1.00. The number of nitrogens with zero attached hydrogens (tertiary/aromatic N) is 2. The molecule has 0 rings (SSSR count). The molecule has 1 atom stereocenters. The van der Waals surface area contributed by atoms with E-state index in [9.17, 15) is 0 Å². The highest BCUT2D eigenvalue weighted by Gasteiger charge is 2.07. The zero-order valence-electron chi connectivity index (χ0n) is 10.9. The minimum atomic E-state index is 0.571. The van der Waals surface area contributed by atoms with E-state index >= 15 is 0 Å². The lowest BCUT2D eigenvalue weighted by Gasteiger charge is -2.26. The largest absolute Gasteiger partial charge is 0.383 e. The van der Waals surface area contributed by atoms with Gasteiger partial charge in [-0.2, -0.15) is 0 Å². The molecule has 0 amide bonds. The van der Waals surface area contributed by atoms with Crippen molar-refractivity contribution in [3.05, 3.63) is 0 Å². The smallest absolute Gasteiger partial charge is 0.0587 e. The Hall–Kier alpha value is -0.160. The van der Waals surface area contributed by atoms with Crippen molar-refractivity contribution in [2.45, 2.75) is 13.0 Å². The van der Waals surface area contributed by atoms with Gasteiger partial charge in [0.15, 0.2) is 0 Å². The first-order valence-electron chi connectivity index (χ1n) is 5.62. The molecule has 4 heteroatoms. The monoisotopic (exact) mass is 217 g/mol.